The molecule has 0 saturated heterocycles. The minimum atomic E-state index is -0.701. The van der Waals surface area contributed by atoms with Crippen molar-refractivity contribution in [2.45, 2.75) is 6.92 Å². The number of hydrogen-bond donors (Lipinski definition) is 0. The van der Waals surface area contributed by atoms with Gasteiger partial charge in [0, 0.05) is 22.7 Å². The third-order valence-electron chi connectivity index (χ3n) is 4.01. The quantitative estimate of drug-likeness (QED) is 0.676. The SMILES string of the molecule is COC(=O)COC(=O)c1cn(-c2ccc(C)cc2)c(=O)c2ccccc12. The second kappa shape index (κ2) is 7.23. The summed E-state index contributed by atoms with van der Waals surface area (Å²) in [6.07, 6.45) is 1.44. The Hall–Kier alpha value is -3.41. The van der Waals surface area contributed by atoms with Crippen molar-refractivity contribution in [3.8, 4) is 5.69 Å². The standard InChI is InChI=1S/C20H17NO5/c1-13-7-9-14(10-8-13)21-11-17(20(24)26-12-18(22)25-2)15-5-3-4-6-16(15)19(21)23/h3-11H,12H2,1-2H3. The van der Waals surface area contributed by atoms with Gasteiger partial charge in [-0.25, -0.2) is 9.59 Å². The van der Waals surface area contributed by atoms with Gasteiger partial charge < -0.3 is 9.47 Å². The Kier molecular flexibility index (Phi) is 4.84. The van der Waals surface area contributed by atoms with Gasteiger partial charge in [0.1, 0.15) is 0 Å². The normalized spacial score (nSPS) is 10.5. The lowest BCUT2D eigenvalue weighted by molar-refractivity contribution is -0.144. The van der Waals surface area contributed by atoms with Crippen LogP contribution in [-0.2, 0) is 14.3 Å². The third-order valence-corrected chi connectivity index (χ3v) is 4.01. The summed E-state index contributed by atoms with van der Waals surface area (Å²) in [5.41, 5.74) is 1.65. The maximum atomic E-state index is 12.8. The summed E-state index contributed by atoms with van der Waals surface area (Å²) in [5.74, 6) is -1.36. The molecule has 3 rings (SSSR count). The van der Waals surface area contributed by atoms with Crippen molar-refractivity contribution in [1.29, 1.82) is 0 Å². The summed E-state index contributed by atoms with van der Waals surface area (Å²) >= 11 is 0. The van der Waals surface area contributed by atoms with Gasteiger partial charge in [0.2, 0.25) is 0 Å². The molecule has 132 valence electrons. The van der Waals surface area contributed by atoms with E-state index in [-0.39, 0.29) is 11.1 Å². The van der Waals surface area contributed by atoms with E-state index in [4.69, 9.17) is 4.74 Å². The molecular formula is C20H17NO5. The van der Waals surface area contributed by atoms with E-state index >= 15 is 0 Å². The van der Waals surface area contributed by atoms with Crippen LogP contribution in [0.25, 0.3) is 16.5 Å². The molecule has 3 aromatic rings. The average molecular weight is 351 g/mol. The number of methoxy groups -OCH3 is 1. The van der Waals surface area contributed by atoms with Gasteiger partial charge in [0.25, 0.3) is 5.56 Å². The van der Waals surface area contributed by atoms with Crippen LogP contribution in [0.3, 0.4) is 0 Å². The number of hydrogen-bond acceptors (Lipinski definition) is 5. The van der Waals surface area contributed by atoms with Crippen molar-refractivity contribution in [1.82, 2.24) is 4.57 Å². The van der Waals surface area contributed by atoms with E-state index in [1.54, 1.807) is 36.4 Å². The summed E-state index contributed by atoms with van der Waals surface area (Å²) in [6, 6.07) is 14.1. The molecule has 0 spiro atoms. The van der Waals surface area contributed by atoms with E-state index < -0.39 is 18.5 Å². The molecule has 0 amide bonds. The molecule has 6 heteroatoms. The number of ether oxygens (including phenoxy) is 2. The molecule has 0 saturated carbocycles. The number of pyridine rings is 1. The van der Waals surface area contributed by atoms with E-state index in [0.29, 0.717) is 16.5 Å². The maximum Gasteiger partial charge on any atom is 0.344 e. The van der Waals surface area contributed by atoms with Gasteiger partial charge in [0.15, 0.2) is 6.61 Å². The van der Waals surface area contributed by atoms with Crippen LogP contribution in [0.2, 0.25) is 0 Å². The van der Waals surface area contributed by atoms with Gasteiger partial charge in [-0.2, -0.15) is 0 Å². The van der Waals surface area contributed by atoms with E-state index in [9.17, 15) is 14.4 Å². The first-order valence-electron chi connectivity index (χ1n) is 7.96. The molecule has 0 radical (unpaired) electrons. The molecule has 1 aromatic heterocycles. The predicted octanol–water partition coefficient (Wildman–Crippen LogP) is 2.63. The Labute approximate surface area is 149 Å². The molecular weight excluding hydrogens is 334 g/mol. The second-order valence-electron chi connectivity index (χ2n) is 5.75. The molecule has 26 heavy (non-hydrogen) atoms. The number of aryl methyl sites for hydroxylation is 1. The predicted molar refractivity (Wildman–Crippen MR) is 96.6 cm³/mol. The largest absolute Gasteiger partial charge is 0.466 e. The monoisotopic (exact) mass is 351 g/mol. The minimum absolute atomic E-state index is 0.199. The highest BCUT2D eigenvalue weighted by Crippen LogP contribution is 2.19. The maximum absolute atomic E-state index is 12.8. The highest BCUT2D eigenvalue weighted by atomic mass is 16.6. The number of benzene rings is 2. The molecule has 0 bridgehead atoms. The van der Waals surface area contributed by atoms with Crippen LogP contribution in [0.4, 0.5) is 0 Å². The zero-order valence-corrected chi connectivity index (χ0v) is 14.4. The number of aromatic nitrogens is 1. The second-order valence-corrected chi connectivity index (χ2v) is 5.75. The van der Waals surface area contributed by atoms with Gasteiger partial charge in [-0.3, -0.25) is 9.36 Å². The van der Waals surface area contributed by atoms with Crippen LogP contribution in [-0.4, -0.2) is 30.2 Å². The van der Waals surface area contributed by atoms with Crippen molar-refractivity contribution in [3.05, 3.63) is 76.2 Å². The molecule has 0 N–H and O–H groups in total. The molecule has 0 aliphatic heterocycles. The minimum Gasteiger partial charge on any atom is -0.466 e. The van der Waals surface area contributed by atoms with Crippen LogP contribution in [0.5, 0.6) is 0 Å². The molecule has 0 aliphatic carbocycles. The molecule has 2 aromatic carbocycles. The summed E-state index contributed by atoms with van der Waals surface area (Å²) < 4.78 is 10.9. The summed E-state index contributed by atoms with van der Waals surface area (Å²) in [4.78, 5) is 36.6. The third kappa shape index (κ3) is 3.35. The topological polar surface area (TPSA) is 74.6 Å². The number of carbonyl (C=O) groups excluding carboxylic acids is 2. The number of esters is 2. The van der Waals surface area contributed by atoms with Gasteiger partial charge in [0.05, 0.1) is 12.7 Å². The highest BCUT2D eigenvalue weighted by molar-refractivity contribution is 6.04. The molecule has 6 nitrogen and oxygen atoms in total. The number of nitrogens with zero attached hydrogens (tertiary/aromatic N) is 1. The first-order valence-corrected chi connectivity index (χ1v) is 7.96. The van der Waals surface area contributed by atoms with Crippen LogP contribution in [0.15, 0.2) is 59.5 Å². The zero-order chi connectivity index (χ0) is 18.7. The lowest BCUT2D eigenvalue weighted by Gasteiger charge is -2.12. The first-order chi connectivity index (χ1) is 12.5. The lowest BCUT2D eigenvalue weighted by Crippen LogP contribution is -2.22. The van der Waals surface area contributed by atoms with Crippen molar-refractivity contribution < 1.29 is 19.1 Å². The fourth-order valence-electron chi connectivity index (χ4n) is 2.61. The summed E-state index contributed by atoms with van der Waals surface area (Å²) in [7, 11) is 1.21. The van der Waals surface area contributed by atoms with Gasteiger partial charge in [-0.05, 0) is 25.1 Å². The summed E-state index contributed by atoms with van der Waals surface area (Å²) in [5, 5.41) is 0.858. The highest BCUT2D eigenvalue weighted by Gasteiger charge is 2.17. The zero-order valence-electron chi connectivity index (χ0n) is 14.4. The van der Waals surface area contributed by atoms with E-state index in [1.807, 2.05) is 19.1 Å². The Balaban J connectivity index is 2.14. The molecule has 0 fully saturated rings. The Bertz CT molecular complexity index is 1030. The summed E-state index contributed by atoms with van der Waals surface area (Å²) in [6.45, 7) is 1.45. The van der Waals surface area contributed by atoms with Crippen LogP contribution < -0.4 is 5.56 Å². The van der Waals surface area contributed by atoms with Crippen LogP contribution in [0.1, 0.15) is 15.9 Å². The Morgan fingerprint density at radius 1 is 1.00 bits per heavy atom. The number of rotatable bonds is 4. The molecule has 1 heterocycles. The number of fused-ring (bicyclic) bond motifs is 1. The molecule has 0 atom stereocenters. The van der Waals surface area contributed by atoms with Crippen LogP contribution >= 0.6 is 0 Å². The fraction of sp³-hybridized carbons (Fsp3) is 0.150. The van der Waals surface area contributed by atoms with Crippen molar-refractivity contribution in [3.63, 3.8) is 0 Å². The Morgan fingerprint density at radius 2 is 1.65 bits per heavy atom. The first kappa shape index (κ1) is 17.4. The van der Waals surface area contributed by atoms with Gasteiger partial charge in [-0.1, -0.05) is 35.9 Å². The van der Waals surface area contributed by atoms with E-state index in [2.05, 4.69) is 4.74 Å². The number of carbonyl (C=O) groups is 2. The Morgan fingerprint density at radius 3 is 2.31 bits per heavy atom. The molecule has 0 aliphatic rings. The van der Waals surface area contributed by atoms with Gasteiger partial charge in [-0.15, -0.1) is 0 Å². The van der Waals surface area contributed by atoms with E-state index in [1.165, 1.54) is 17.9 Å². The van der Waals surface area contributed by atoms with Crippen molar-refractivity contribution in [2.24, 2.45) is 0 Å². The smallest absolute Gasteiger partial charge is 0.344 e. The van der Waals surface area contributed by atoms with Crippen molar-refractivity contribution in [2.75, 3.05) is 13.7 Å². The van der Waals surface area contributed by atoms with Gasteiger partial charge >= 0.3 is 11.9 Å². The van der Waals surface area contributed by atoms with Crippen LogP contribution in [0, 0.1) is 6.92 Å². The average Bonchev–Trinajstić information content (AvgIpc) is 2.67. The fourth-order valence-corrected chi connectivity index (χ4v) is 2.61. The van der Waals surface area contributed by atoms with E-state index in [0.717, 1.165) is 5.56 Å². The molecule has 0 unspecified atom stereocenters. The lowest BCUT2D eigenvalue weighted by atomic mass is 10.1. The van der Waals surface area contributed by atoms with Crippen molar-refractivity contribution >= 4 is 22.7 Å².